The van der Waals surface area contributed by atoms with Crippen LogP contribution in [0.3, 0.4) is 0 Å². The summed E-state index contributed by atoms with van der Waals surface area (Å²) < 4.78 is 5.10. The first kappa shape index (κ1) is 12.5. The summed E-state index contributed by atoms with van der Waals surface area (Å²) in [6.07, 6.45) is 0. The van der Waals surface area contributed by atoms with E-state index in [1.807, 2.05) is 37.3 Å². The molecule has 0 radical (unpaired) electrons. The smallest absolute Gasteiger partial charge is 0.315 e. The van der Waals surface area contributed by atoms with Crippen LogP contribution in [0.4, 0.5) is 4.79 Å². The van der Waals surface area contributed by atoms with Crippen LogP contribution in [0.5, 0.6) is 0 Å². The number of carbonyl (C=O) groups excluding carboxylic acids is 1. The van der Waals surface area contributed by atoms with E-state index in [0.29, 0.717) is 26.3 Å². The lowest BCUT2D eigenvalue weighted by atomic mass is 10.2. The molecule has 0 heterocycles. The number of nitrogens with one attached hydrogen (secondary N) is 2. The molecule has 1 aromatic rings. The molecule has 0 spiro atoms. The molecule has 4 heteroatoms. The second-order valence-electron chi connectivity index (χ2n) is 3.29. The van der Waals surface area contributed by atoms with E-state index in [-0.39, 0.29) is 6.03 Å². The fourth-order valence-electron chi connectivity index (χ4n) is 1.22. The largest absolute Gasteiger partial charge is 0.380 e. The summed E-state index contributed by atoms with van der Waals surface area (Å²) in [7, 11) is 0. The second kappa shape index (κ2) is 7.70. The van der Waals surface area contributed by atoms with E-state index in [1.165, 1.54) is 0 Å². The number of amides is 2. The van der Waals surface area contributed by atoms with E-state index in [0.717, 1.165) is 5.56 Å². The van der Waals surface area contributed by atoms with Gasteiger partial charge in [-0.25, -0.2) is 4.79 Å². The van der Waals surface area contributed by atoms with Crippen molar-refractivity contribution in [1.29, 1.82) is 0 Å². The van der Waals surface area contributed by atoms with E-state index < -0.39 is 0 Å². The van der Waals surface area contributed by atoms with Crippen LogP contribution in [-0.2, 0) is 11.3 Å². The van der Waals surface area contributed by atoms with Gasteiger partial charge in [0.15, 0.2) is 0 Å². The molecule has 0 aliphatic heterocycles. The lowest BCUT2D eigenvalue weighted by Gasteiger charge is -2.07. The number of benzene rings is 1. The van der Waals surface area contributed by atoms with Gasteiger partial charge in [0.05, 0.1) is 6.61 Å². The van der Waals surface area contributed by atoms with E-state index in [9.17, 15) is 4.79 Å². The van der Waals surface area contributed by atoms with Crippen molar-refractivity contribution in [1.82, 2.24) is 10.6 Å². The maximum absolute atomic E-state index is 11.3. The third kappa shape index (κ3) is 5.36. The van der Waals surface area contributed by atoms with Gasteiger partial charge in [-0.3, -0.25) is 0 Å². The first-order valence-electron chi connectivity index (χ1n) is 5.46. The molecule has 0 aliphatic rings. The molecule has 0 atom stereocenters. The molecule has 2 N–H and O–H groups in total. The average Bonchev–Trinajstić information content (AvgIpc) is 2.33. The topological polar surface area (TPSA) is 50.4 Å². The Morgan fingerprint density at radius 1 is 1.25 bits per heavy atom. The van der Waals surface area contributed by atoms with Crippen molar-refractivity contribution in [2.75, 3.05) is 19.8 Å². The fraction of sp³-hybridized carbons (Fsp3) is 0.417. The van der Waals surface area contributed by atoms with Crippen molar-refractivity contribution < 1.29 is 9.53 Å². The highest BCUT2D eigenvalue weighted by Gasteiger charge is 1.98. The third-order valence-corrected chi connectivity index (χ3v) is 2.03. The van der Waals surface area contributed by atoms with Crippen LogP contribution in [0, 0.1) is 0 Å². The minimum Gasteiger partial charge on any atom is -0.380 e. The minimum atomic E-state index is -0.163. The Balaban J connectivity index is 2.11. The first-order valence-corrected chi connectivity index (χ1v) is 5.46. The molecule has 0 fully saturated rings. The van der Waals surface area contributed by atoms with Gasteiger partial charge in [-0.1, -0.05) is 30.3 Å². The van der Waals surface area contributed by atoms with Gasteiger partial charge < -0.3 is 15.4 Å². The second-order valence-corrected chi connectivity index (χ2v) is 3.29. The van der Waals surface area contributed by atoms with E-state index in [2.05, 4.69) is 10.6 Å². The number of rotatable bonds is 6. The number of hydrogen-bond donors (Lipinski definition) is 2. The molecule has 2 amide bonds. The van der Waals surface area contributed by atoms with Crippen LogP contribution in [-0.4, -0.2) is 25.8 Å². The Hall–Kier alpha value is -1.55. The summed E-state index contributed by atoms with van der Waals surface area (Å²) in [4.78, 5) is 11.3. The molecular weight excluding hydrogens is 204 g/mol. The van der Waals surface area contributed by atoms with E-state index >= 15 is 0 Å². The Bertz CT molecular complexity index is 301. The maximum atomic E-state index is 11.3. The molecule has 0 aromatic heterocycles. The van der Waals surface area contributed by atoms with Crippen LogP contribution in [0.15, 0.2) is 30.3 Å². The van der Waals surface area contributed by atoms with Gasteiger partial charge in [0.1, 0.15) is 0 Å². The van der Waals surface area contributed by atoms with Crippen LogP contribution in [0.25, 0.3) is 0 Å². The quantitative estimate of drug-likeness (QED) is 0.717. The van der Waals surface area contributed by atoms with Crippen molar-refractivity contribution >= 4 is 6.03 Å². The summed E-state index contributed by atoms with van der Waals surface area (Å²) >= 11 is 0. The summed E-state index contributed by atoms with van der Waals surface area (Å²) in [5.74, 6) is 0. The molecule has 0 unspecified atom stereocenters. The highest BCUT2D eigenvalue weighted by molar-refractivity contribution is 5.73. The van der Waals surface area contributed by atoms with Crippen molar-refractivity contribution in [3.63, 3.8) is 0 Å². The molecule has 1 aromatic carbocycles. The zero-order valence-electron chi connectivity index (χ0n) is 9.53. The lowest BCUT2D eigenvalue weighted by molar-refractivity contribution is 0.149. The Labute approximate surface area is 96.0 Å². The molecule has 4 nitrogen and oxygen atoms in total. The Morgan fingerprint density at radius 3 is 2.69 bits per heavy atom. The molecule has 0 bridgehead atoms. The maximum Gasteiger partial charge on any atom is 0.315 e. The zero-order valence-corrected chi connectivity index (χ0v) is 9.53. The standard InChI is InChI=1S/C12H18N2O2/c1-2-16-9-8-13-12(15)14-10-11-6-4-3-5-7-11/h3-7H,2,8-10H2,1H3,(H2,13,14,15). The third-order valence-electron chi connectivity index (χ3n) is 2.03. The van der Waals surface area contributed by atoms with Crippen molar-refractivity contribution in [2.45, 2.75) is 13.5 Å². The van der Waals surface area contributed by atoms with E-state index in [4.69, 9.17) is 4.74 Å². The van der Waals surface area contributed by atoms with Gasteiger partial charge >= 0.3 is 6.03 Å². The van der Waals surface area contributed by atoms with Crippen LogP contribution >= 0.6 is 0 Å². The van der Waals surface area contributed by atoms with Crippen LogP contribution in [0.1, 0.15) is 12.5 Å². The highest BCUT2D eigenvalue weighted by atomic mass is 16.5. The molecule has 0 saturated heterocycles. The number of carbonyl (C=O) groups is 1. The lowest BCUT2D eigenvalue weighted by Crippen LogP contribution is -2.36. The van der Waals surface area contributed by atoms with Crippen molar-refractivity contribution in [2.24, 2.45) is 0 Å². The van der Waals surface area contributed by atoms with Crippen molar-refractivity contribution in [3.05, 3.63) is 35.9 Å². The highest BCUT2D eigenvalue weighted by Crippen LogP contribution is 1.96. The minimum absolute atomic E-state index is 0.163. The molecule has 16 heavy (non-hydrogen) atoms. The summed E-state index contributed by atoms with van der Waals surface area (Å²) in [5, 5.41) is 5.48. The number of hydrogen-bond acceptors (Lipinski definition) is 2. The first-order chi connectivity index (χ1) is 7.83. The molecule has 88 valence electrons. The summed E-state index contributed by atoms with van der Waals surface area (Å²) in [5.41, 5.74) is 1.09. The van der Waals surface area contributed by atoms with Gasteiger partial charge in [0, 0.05) is 19.7 Å². The SMILES string of the molecule is CCOCCNC(=O)NCc1ccccc1. The predicted octanol–water partition coefficient (Wildman–Crippen LogP) is 1.52. The normalized spacial score (nSPS) is 9.81. The molecular formula is C12H18N2O2. The fourth-order valence-corrected chi connectivity index (χ4v) is 1.22. The molecule has 0 aliphatic carbocycles. The van der Waals surface area contributed by atoms with Gasteiger partial charge in [-0.2, -0.15) is 0 Å². The van der Waals surface area contributed by atoms with Gasteiger partial charge in [0.2, 0.25) is 0 Å². The van der Waals surface area contributed by atoms with E-state index in [1.54, 1.807) is 0 Å². The average molecular weight is 222 g/mol. The van der Waals surface area contributed by atoms with Crippen molar-refractivity contribution in [3.8, 4) is 0 Å². The van der Waals surface area contributed by atoms with Crippen LogP contribution < -0.4 is 10.6 Å². The van der Waals surface area contributed by atoms with Gasteiger partial charge in [-0.05, 0) is 12.5 Å². The Morgan fingerprint density at radius 2 is 2.00 bits per heavy atom. The predicted molar refractivity (Wildman–Crippen MR) is 63.2 cm³/mol. The summed E-state index contributed by atoms with van der Waals surface area (Å²) in [6, 6.07) is 9.63. The Kier molecular flexibility index (Phi) is 6.03. The monoisotopic (exact) mass is 222 g/mol. The van der Waals surface area contributed by atoms with Gasteiger partial charge in [0.25, 0.3) is 0 Å². The summed E-state index contributed by atoms with van der Waals surface area (Å²) in [6.45, 7) is 4.23. The molecule has 0 saturated carbocycles. The number of ether oxygens (including phenoxy) is 1. The molecule has 1 rings (SSSR count). The number of urea groups is 1. The zero-order chi connectivity index (χ0) is 11.6. The van der Waals surface area contributed by atoms with Gasteiger partial charge in [-0.15, -0.1) is 0 Å². The van der Waals surface area contributed by atoms with Crippen LogP contribution in [0.2, 0.25) is 0 Å².